The number of thiophene rings is 1. The van der Waals surface area contributed by atoms with Gasteiger partial charge in [0.15, 0.2) is 0 Å². The smallest absolute Gasteiger partial charge is 0.251 e. The molecule has 4 heteroatoms. The molecule has 0 saturated heterocycles. The molecule has 3 nitrogen and oxygen atoms in total. The number of aliphatic hydroxyl groups excluding tert-OH is 1. The first-order chi connectivity index (χ1) is 10.1. The Hall–Kier alpha value is -2.09. The van der Waals surface area contributed by atoms with Crippen molar-refractivity contribution in [3.05, 3.63) is 56.8 Å². The number of hydrogen-bond acceptors (Lipinski definition) is 3. The molecule has 0 atom stereocenters. The molecule has 0 spiro atoms. The number of rotatable bonds is 3. The SMILES string of the molecule is Cc1ccc(C(=O)NCc2sccc2C#CCO)c(C)c1. The van der Waals surface area contributed by atoms with Crippen molar-refractivity contribution in [3.63, 3.8) is 0 Å². The van der Waals surface area contributed by atoms with Crippen molar-refractivity contribution in [3.8, 4) is 11.8 Å². The van der Waals surface area contributed by atoms with E-state index in [0.717, 1.165) is 21.6 Å². The highest BCUT2D eigenvalue weighted by Gasteiger charge is 2.10. The molecule has 0 aliphatic carbocycles. The van der Waals surface area contributed by atoms with Crippen LogP contribution in [0.2, 0.25) is 0 Å². The minimum Gasteiger partial charge on any atom is -0.384 e. The zero-order valence-corrected chi connectivity index (χ0v) is 12.9. The van der Waals surface area contributed by atoms with Crippen LogP contribution >= 0.6 is 11.3 Å². The highest BCUT2D eigenvalue weighted by atomic mass is 32.1. The number of benzene rings is 1. The monoisotopic (exact) mass is 299 g/mol. The van der Waals surface area contributed by atoms with Crippen LogP contribution in [0.1, 0.15) is 31.9 Å². The third-order valence-electron chi connectivity index (χ3n) is 3.08. The minimum absolute atomic E-state index is 0.0815. The zero-order valence-electron chi connectivity index (χ0n) is 12.1. The van der Waals surface area contributed by atoms with E-state index in [-0.39, 0.29) is 12.5 Å². The molecule has 21 heavy (non-hydrogen) atoms. The maximum atomic E-state index is 12.2. The second-order valence-corrected chi connectivity index (χ2v) is 5.72. The lowest BCUT2D eigenvalue weighted by atomic mass is 10.1. The van der Waals surface area contributed by atoms with Gasteiger partial charge >= 0.3 is 0 Å². The lowest BCUT2D eigenvalue weighted by molar-refractivity contribution is 0.0950. The van der Waals surface area contributed by atoms with Crippen LogP contribution in [0.15, 0.2) is 29.6 Å². The Kier molecular flexibility index (Phi) is 5.15. The maximum absolute atomic E-state index is 12.2. The average Bonchev–Trinajstić information content (AvgIpc) is 2.90. The van der Waals surface area contributed by atoms with E-state index in [1.54, 1.807) is 11.3 Å². The Balaban J connectivity index is 2.06. The molecule has 0 saturated carbocycles. The molecule has 1 aromatic heterocycles. The minimum atomic E-state index is -0.162. The Labute approximate surface area is 128 Å². The predicted octanol–water partition coefficient (Wildman–Crippen LogP) is 2.64. The fourth-order valence-electron chi connectivity index (χ4n) is 2.05. The summed E-state index contributed by atoms with van der Waals surface area (Å²) in [6, 6.07) is 7.68. The number of nitrogens with one attached hydrogen (secondary N) is 1. The van der Waals surface area contributed by atoms with Crippen LogP contribution in [0.4, 0.5) is 0 Å². The van der Waals surface area contributed by atoms with Crippen molar-refractivity contribution >= 4 is 17.2 Å². The van der Waals surface area contributed by atoms with E-state index >= 15 is 0 Å². The molecule has 1 heterocycles. The summed E-state index contributed by atoms with van der Waals surface area (Å²) in [4.78, 5) is 13.2. The summed E-state index contributed by atoms with van der Waals surface area (Å²) in [6.07, 6.45) is 0. The van der Waals surface area contributed by atoms with E-state index in [1.807, 2.05) is 43.5 Å². The topological polar surface area (TPSA) is 49.3 Å². The van der Waals surface area contributed by atoms with Crippen molar-refractivity contribution in [1.82, 2.24) is 5.32 Å². The summed E-state index contributed by atoms with van der Waals surface area (Å²) in [7, 11) is 0. The molecule has 0 aliphatic rings. The summed E-state index contributed by atoms with van der Waals surface area (Å²) in [5, 5.41) is 13.6. The molecule has 0 bridgehead atoms. The van der Waals surface area contributed by atoms with Crippen molar-refractivity contribution in [2.24, 2.45) is 0 Å². The van der Waals surface area contributed by atoms with Crippen LogP contribution in [0.25, 0.3) is 0 Å². The van der Waals surface area contributed by atoms with Crippen LogP contribution in [0, 0.1) is 25.7 Å². The van der Waals surface area contributed by atoms with Gasteiger partial charge in [0, 0.05) is 16.0 Å². The molecule has 0 fully saturated rings. The largest absolute Gasteiger partial charge is 0.384 e. The van der Waals surface area contributed by atoms with Gasteiger partial charge in [0.05, 0.1) is 6.54 Å². The summed E-state index contributed by atoms with van der Waals surface area (Å²) < 4.78 is 0. The lowest BCUT2D eigenvalue weighted by Crippen LogP contribution is -2.23. The summed E-state index contributed by atoms with van der Waals surface area (Å²) in [6.45, 7) is 4.22. The molecule has 2 rings (SSSR count). The number of carbonyl (C=O) groups is 1. The van der Waals surface area contributed by atoms with Gasteiger partial charge in [-0.15, -0.1) is 11.3 Å². The van der Waals surface area contributed by atoms with E-state index < -0.39 is 0 Å². The number of carbonyl (C=O) groups excluding carboxylic acids is 1. The molecular formula is C17H17NO2S. The molecule has 0 unspecified atom stereocenters. The molecule has 2 N–H and O–H groups in total. The van der Waals surface area contributed by atoms with Crippen molar-refractivity contribution < 1.29 is 9.90 Å². The molecule has 108 valence electrons. The number of amides is 1. The first-order valence-corrected chi connectivity index (χ1v) is 7.51. The van der Waals surface area contributed by atoms with E-state index in [2.05, 4.69) is 17.2 Å². The van der Waals surface area contributed by atoms with Gasteiger partial charge in [-0.05, 0) is 36.9 Å². The fourth-order valence-corrected chi connectivity index (χ4v) is 2.82. The van der Waals surface area contributed by atoms with Crippen LogP contribution in [-0.4, -0.2) is 17.6 Å². The molecule has 1 amide bonds. The van der Waals surface area contributed by atoms with Gasteiger partial charge in [0.1, 0.15) is 6.61 Å². The van der Waals surface area contributed by atoms with Gasteiger partial charge in [-0.2, -0.15) is 0 Å². The Morgan fingerprint density at radius 2 is 2.14 bits per heavy atom. The van der Waals surface area contributed by atoms with Gasteiger partial charge in [0.25, 0.3) is 5.91 Å². The van der Waals surface area contributed by atoms with Crippen molar-refractivity contribution in [2.75, 3.05) is 6.61 Å². The van der Waals surface area contributed by atoms with Crippen LogP contribution in [0.3, 0.4) is 0 Å². The molecule has 1 aromatic carbocycles. The first kappa shape index (κ1) is 15.3. The highest BCUT2D eigenvalue weighted by molar-refractivity contribution is 7.10. The lowest BCUT2D eigenvalue weighted by Gasteiger charge is -2.08. The average molecular weight is 299 g/mol. The zero-order chi connectivity index (χ0) is 15.2. The van der Waals surface area contributed by atoms with E-state index in [1.165, 1.54) is 0 Å². The van der Waals surface area contributed by atoms with Gasteiger partial charge < -0.3 is 10.4 Å². The number of aryl methyl sites for hydroxylation is 2. The normalized spacial score (nSPS) is 9.86. The van der Waals surface area contributed by atoms with Gasteiger partial charge in [-0.25, -0.2) is 0 Å². The van der Waals surface area contributed by atoms with Crippen LogP contribution in [-0.2, 0) is 6.54 Å². The number of hydrogen-bond donors (Lipinski definition) is 2. The van der Waals surface area contributed by atoms with Gasteiger partial charge in [-0.1, -0.05) is 29.5 Å². The van der Waals surface area contributed by atoms with E-state index in [9.17, 15) is 4.79 Å². The number of aliphatic hydroxyl groups is 1. The van der Waals surface area contributed by atoms with E-state index in [4.69, 9.17) is 5.11 Å². The van der Waals surface area contributed by atoms with Gasteiger partial charge in [0.2, 0.25) is 0 Å². The summed E-state index contributed by atoms with van der Waals surface area (Å²) in [5.41, 5.74) is 3.66. The predicted molar refractivity (Wildman–Crippen MR) is 85.4 cm³/mol. The Morgan fingerprint density at radius 1 is 1.33 bits per heavy atom. The molecule has 0 aliphatic heterocycles. The highest BCUT2D eigenvalue weighted by Crippen LogP contribution is 2.16. The Bertz CT molecular complexity index is 707. The van der Waals surface area contributed by atoms with Crippen molar-refractivity contribution in [2.45, 2.75) is 20.4 Å². The third kappa shape index (κ3) is 3.94. The first-order valence-electron chi connectivity index (χ1n) is 6.63. The standard InChI is InChI=1S/C17H17NO2S/c1-12-5-6-15(13(2)10-12)17(20)18-11-16-14(4-3-8-19)7-9-21-16/h5-7,9-10,19H,8,11H2,1-2H3,(H,18,20). The summed E-state index contributed by atoms with van der Waals surface area (Å²) >= 11 is 1.54. The van der Waals surface area contributed by atoms with Crippen LogP contribution in [0.5, 0.6) is 0 Å². The van der Waals surface area contributed by atoms with Crippen molar-refractivity contribution in [1.29, 1.82) is 0 Å². The molecular weight excluding hydrogens is 282 g/mol. The maximum Gasteiger partial charge on any atom is 0.251 e. The second-order valence-electron chi connectivity index (χ2n) is 4.72. The van der Waals surface area contributed by atoms with Gasteiger partial charge in [-0.3, -0.25) is 4.79 Å². The summed E-state index contributed by atoms with van der Waals surface area (Å²) in [5.74, 6) is 5.43. The Morgan fingerprint density at radius 3 is 2.86 bits per heavy atom. The second kappa shape index (κ2) is 7.07. The molecule has 2 aromatic rings. The third-order valence-corrected chi connectivity index (χ3v) is 4.00. The van der Waals surface area contributed by atoms with E-state index in [0.29, 0.717) is 12.1 Å². The quantitative estimate of drug-likeness (QED) is 0.856. The fraction of sp³-hybridized carbons (Fsp3) is 0.235. The molecule has 0 radical (unpaired) electrons. The van der Waals surface area contributed by atoms with Crippen LogP contribution < -0.4 is 5.32 Å².